The lowest BCUT2D eigenvalue weighted by Crippen LogP contribution is -2.27. The lowest BCUT2D eigenvalue weighted by molar-refractivity contribution is -0.121. The number of carbonyl (C=O) groups excluding carboxylic acids is 1. The normalized spacial score (nSPS) is 10.5. The van der Waals surface area contributed by atoms with E-state index in [-0.39, 0.29) is 18.3 Å². The highest BCUT2D eigenvalue weighted by atomic mass is 19.1. The van der Waals surface area contributed by atoms with Crippen LogP contribution in [0, 0.1) is 19.7 Å². The molecule has 1 amide bonds. The van der Waals surface area contributed by atoms with Gasteiger partial charge in [-0.1, -0.05) is 12.1 Å². The van der Waals surface area contributed by atoms with E-state index in [4.69, 9.17) is 0 Å². The van der Waals surface area contributed by atoms with Gasteiger partial charge in [-0.3, -0.25) is 4.79 Å². The quantitative estimate of drug-likeness (QED) is 0.914. The Kier molecular flexibility index (Phi) is 3.94. The Balaban J connectivity index is 1.88. The largest absolute Gasteiger partial charge is 0.350 e. The van der Waals surface area contributed by atoms with Crippen molar-refractivity contribution in [1.29, 1.82) is 0 Å². The summed E-state index contributed by atoms with van der Waals surface area (Å²) in [5, 5.41) is 2.79. The first-order valence-corrected chi connectivity index (χ1v) is 6.06. The molecular weight excluding hydrogens is 245 g/mol. The average Bonchev–Trinajstić information content (AvgIpc) is 2.67. The van der Waals surface area contributed by atoms with Crippen molar-refractivity contribution in [2.24, 2.45) is 0 Å². The van der Waals surface area contributed by atoms with Crippen LogP contribution in [0.15, 0.2) is 30.5 Å². The van der Waals surface area contributed by atoms with E-state index >= 15 is 0 Å². The predicted octanol–water partition coefficient (Wildman–Crippen LogP) is 1.96. The molecule has 0 spiro atoms. The summed E-state index contributed by atoms with van der Waals surface area (Å²) in [4.78, 5) is 16.0. The van der Waals surface area contributed by atoms with Gasteiger partial charge in [-0.2, -0.15) is 0 Å². The third kappa shape index (κ3) is 3.64. The predicted molar refractivity (Wildman–Crippen MR) is 69.9 cm³/mol. The molecule has 1 aromatic heterocycles. The van der Waals surface area contributed by atoms with Crippen LogP contribution in [-0.4, -0.2) is 15.5 Å². The summed E-state index contributed by atoms with van der Waals surface area (Å²) in [6.45, 7) is 4.39. The van der Waals surface area contributed by atoms with Crippen molar-refractivity contribution in [3.05, 3.63) is 53.4 Å². The van der Waals surface area contributed by atoms with Crippen molar-refractivity contribution < 1.29 is 9.18 Å². The number of aromatic nitrogens is 2. The van der Waals surface area contributed by atoms with E-state index in [0.717, 1.165) is 17.1 Å². The zero-order valence-electron chi connectivity index (χ0n) is 11.0. The number of benzene rings is 1. The number of halogens is 1. The van der Waals surface area contributed by atoms with E-state index in [2.05, 4.69) is 10.3 Å². The molecule has 0 fully saturated rings. The summed E-state index contributed by atoms with van der Waals surface area (Å²) in [5.74, 6) is 0.443. The van der Waals surface area contributed by atoms with Crippen LogP contribution >= 0.6 is 0 Å². The summed E-state index contributed by atoms with van der Waals surface area (Å²) in [6, 6.07) is 6.07. The lowest BCUT2D eigenvalue weighted by Gasteiger charge is -2.07. The maximum atomic E-state index is 12.7. The molecule has 0 saturated carbocycles. The van der Waals surface area contributed by atoms with Crippen LogP contribution in [0.1, 0.15) is 17.1 Å². The third-order valence-corrected chi connectivity index (χ3v) is 2.81. The highest BCUT2D eigenvalue weighted by Gasteiger charge is 2.06. The number of nitrogens with one attached hydrogen (secondary N) is 1. The molecule has 0 atom stereocenters. The van der Waals surface area contributed by atoms with Gasteiger partial charge in [0.25, 0.3) is 0 Å². The molecule has 2 aromatic rings. The molecule has 0 bridgehead atoms. The molecule has 2 rings (SSSR count). The molecule has 0 unspecified atom stereocenters. The van der Waals surface area contributed by atoms with Gasteiger partial charge in [-0.15, -0.1) is 0 Å². The molecular formula is C14H16FN3O. The summed E-state index contributed by atoms with van der Waals surface area (Å²) in [5.41, 5.74) is 1.76. The van der Waals surface area contributed by atoms with E-state index in [9.17, 15) is 9.18 Å². The first-order chi connectivity index (χ1) is 9.04. The molecule has 0 aliphatic rings. The highest BCUT2D eigenvalue weighted by Crippen LogP contribution is 2.03. The van der Waals surface area contributed by atoms with Crippen LogP contribution in [-0.2, 0) is 17.9 Å². The minimum Gasteiger partial charge on any atom is -0.350 e. The molecule has 100 valence electrons. The molecule has 4 nitrogen and oxygen atoms in total. The summed E-state index contributed by atoms with van der Waals surface area (Å²) < 4.78 is 14.5. The van der Waals surface area contributed by atoms with Crippen LogP contribution in [0.3, 0.4) is 0 Å². The first-order valence-electron chi connectivity index (χ1n) is 6.06. The molecule has 19 heavy (non-hydrogen) atoms. The molecule has 0 aliphatic heterocycles. The third-order valence-electron chi connectivity index (χ3n) is 2.81. The highest BCUT2D eigenvalue weighted by molar-refractivity contribution is 5.75. The Morgan fingerprint density at radius 1 is 1.32 bits per heavy atom. The smallest absolute Gasteiger partial charge is 0.240 e. The molecule has 1 heterocycles. The van der Waals surface area contributed by atoms with E-state index in [1.54, 1.807) is 16.7 Å². The number of nitrogens with zero attached hydrogens (tertiary/aromatic N) is 2. The van der Waals surface area contributed by atoms with Gasteiger partial charge < -0.3 is 9.88 Å². The topological polar surface area (TPSA) is 46.9 Å². The molecule has 1 N–H and O–H groups in total. The van der Waals surface area contributed by atoms with E-state index in [1.807, 2.05) is 20.0 Å². The van der Waals surface area contributed by atoms with Crippen LogP contribution in [0.4, 0.5) is 4.39 Å². The Hall–Kier alpha value is -2.17. The number of hydrogen-bond donors (Lipinski definition) is 1. The first kappa shape index (κ1) is 13.3. The van der Waals surface area contributed by atoms with Gasteiger partial charge in [0.2, 0.25) is 5.91 Å². The fourth-order valence-electron chi connectivity index (χ4n) is 1.84. The summed E-state index contributed by atoms with van der Waals surface area (Å²) in [7, 11) is 0. The zero-order valence-corrected chi connectivity index (χ0v) is 11.0. The van der Waals surface area contributed by atoms with Gasteiger partial charge in [0.15, 0.2) is 0 Å². The van der Waals surface area contributed by atoms with E-state index in [0.29, 0.717) is 6.54 Å². The monoisotopic (exact) mass is 261 g/mol. The van der Waals surface area contributed by atoms with Crippen LogP contribution in [0.25, 0.3) is 0 Å². The Labute approximate surface area is 111 Å². The lowest BCUT2D eigenvalue weighted by atomic mass is 10.2. The standard InChI is InChI=1S/C14H16FN3O/c1-10-8-18(11(2)17-10)9-14(19)16-7-12-3-5-13(15)6-4-12/h3-6,8H,7,9H2,1-2H3,(H,16,19). The Morgan fingerprint density at radius 2 is 2.00 bits per heavy atom. The van der Waals surface area contributed by atoms with Crippen molar-refractivity contribution in [2.75, 3.05) is 0 Å². The molecule has 0 aliphatic carbocycles. The average molecular weight is 261 g/mol. The SMILES string of the molecule is Cc1cn(CC(=O)NCc2ccc(F)cc2)c(C)n1. The maximum Gasteiger partial charge on any atom is 0.240 e. The second-order valence-electron chi connectivity index (χ2n) is 4.46. The van der Waals surface area contributed by atoms with Crippen LogP contribution < -0.4 is 5.32 Å². The minimum atomic E-state index is -0.278. The van der Waals surface area contributed by atoms with Crippen molar-refractivity contribution in [3.63, 3.8) is 0 Å². The van der Waals surface area contributed by atoms with Gasteiger partial charge >= 0.3 is 0 Å². The van der Waals surface area contributed by atoms with Gasteiger partial charge in [0.1, 0.15) is 18.2 Å². The van der Waals surface area contributed by atoms with Crippen molar-refractivity contribution in [2.45, 2.75) is 26.9 Å². The van der Waals surface area contributed by atoms with E-state index in [1.165, 1.54) is 12.1 Å². The number of hydrogen-bond acceptors (Lipinski definition) is 2. The Bertz CT molecular complexity index is 575. The Morgan fingerprint density at radius 3 is 2.58 bits per heavy atom. The summed E-state index contributed by atoms with van der Waals surface area (Å²) in [6.07, 6.45) is 1.84. The fourth-order valence-corrected chi connectivity index (χ4v) is 1.84. The molecule has 0 radical (unpaired) electrons. The van der Waals surface area contributed by atoms with Gasteiger partial charge in [-0.05, 0) is 31.5 Å². The van der Waals surface area contributed by atoms with Crippen LogP contribution in [0.2, 0.25) is 0 Å². The van der Waals surface area contributed by atoms with Gasteiger partial charge in [-0.25, -0.2) is 9.37 Å². The van der Waals surface area contributed by atoms with Crippen molar-refractivity contribution in [1.82, 2.24) is 14.9 Å². The maximum absolute atomic E-state index is 12.7. The number of amides is 1. The number of aryl methyl sites for hydroxylation is 2. The fraction of sp³-hybridized carbons (Fsp3) is 0.286. The zero-order chi connectivity index (χ0) is 13.8. The summed E-state index contributed by atoms with van der Waals surface area (Å²) >= 11 is 0. The molecule has 1 aromatic carbocycles. The minimum absolute atomic E-state index is 0.0928. The molecule has 0 saturated heterocycles. The number of imidazole rings is 1. The van der Waals surface area contributed by atoms with E-state index < -0.39 is 0 Å². The number of rotatable bonds is 4. The number of carbonyl (C=O) groups is 1. The van der Waals surface area contributed by atoms with Crippen molar-refractivity contribution >= 4 is 5.91 Å². The molecule has 5 heteroatoms. The van der Waals surface area contributed by atoms with Crippen molar-refractivity contribution in [3.8, 4) is 0 Å². The second-order valence-corrected chi connectivity index (χ2v) is 4.46. The van der Waals surface area contributed by atoms with Gasteiger partial charge in [0.05, 0.1) is 5.69 Å². The van der Waals surface area contributed by atoms with Gasteiger partial charge in [0, 0.05) is 12.7 Å². The second kappa shape index (κ2) is 5.65. The van der Waals surface area contributed by atoms with Crippen LogP contribution in [0.5, 0.6) is 0 Å².